The van der Waals surface area contributed by atoms with Gasteiger partial charge in [0, 0.05) is 13.1 Å². The SMILES string of the molecule is CCOC(=O)N(C)C1CCCCC1C(=O)O. The van der Waals surface area contributed by atoms with Gasteiger partial charge in [-0.3, -0.25) is 4.79 Å². The molecular formula is C11H19NO4. The molecule has 0 radical (unpaired) electrons. The van der Waals surface area contributed by atoms with Crippen molar-refractivity contribution in [3.63, 3.8) is 0 Å². The van der Waals surface area contributed by atoms with E-state index in [9.17, 15) is 9.59 Å². The van der Waals surface area contributed by atoms with Crippen molar-refractivity contribution in [2.75, 3.05) is 13.7 Å². The highest BCUT2D eigenvalue weighted by atomic mass is 16.6. The molecule has 1 saturated carbocycles. The highest BCUT2D eigenvalue weighted by molar-refractivity contribution is 5.73. The van der Waals surface area contributed by atoms with Crippen molar-refractivity contribution in [3.8, 4) is 0 Å². The fraction of sp³-hybridized carbons (Fsp3) is 0.818. The molecule has 0 aromatic rings. The molecule has 5 nitrogen and oxygen atoms in total. The second-order valence-electron chi connectivity index (χ2n) is 4.11. The van der Waals surface area contributed by atoms with E-state index in [1.165, 1.54) is 4.90 Å². The number of rotatable bonds is 3. The first-order valence-electron chi connectivity index (χ1n) is 5.70. The molecule has 92 valence electrons. The molecule has 0 aliphatic heterocycles. The molecule has 0 saturated heterocycles. The largest absolute Gasteiger partial charge is 0.481 e. The summed E-state index contributed by atoms with van der Waals surface area (Å²) < 4.78 is 4.88. The van der Waals surface area contributed by atoms with E-state index in [1.54, 1.807) is 14.0 Å². The summed E-state index contributed by atoms with van der Waals surface area (Å²) in [6.07, 6.45) is 2.85. The van der Waals surface area contributed by atoms with Crippen LogP contribution >= 0.6 is 0 Å². The van der Waals surface area contributed by atoms with Crippen molar-refractivity contribution in [2.45, 2.75) is 38.6 Å². The van der Waals surface area contributed by atoms with Gasteiger partial charge in [0.05, 0.1) is 12.5 Å². The Labute approximate surface area is 95.4 Å². The molecule has 16 heavy (non-hydrogen) atoms. The Morgan fingerprint density at radius 1 is 1.38 bits per heavy atom. The fourth-order valence-electron chi connectivity index (χ4n) is 2.22. The number of carboxylic acids is 1. The normalized spacial score (nSPS) is 24.9. The molecule has 2 atom stereocenters. The van der Waals surface area contributed by atoms with Crippen molar-refractivity contribution in [3.05, 3.63) is 0 Å². The zero-order chi connectivity index (χ0) is 12.1. The molecule has 5 heteroatoms. The topological polar surface area (TPSA) is 66.8 Å². The maximum absolute atomic E-state index is 11.5. The molecule has 1 amide bonds. The molecule has 2 unspecified atom stereocenters. The average molecular weight is 229 g/mol. The predicted molar refractivity (Wildman–Crippen MR) is 58.2 cm³/mol. The van der Waals surface area contributed by atoms with Crippen LogP contribution in [0.1, 0.15) is 32.6 Å². The number of carboxylic acid groups (broad SMARTS) is 1. The van der Waals surface area contributed by atoms with Crippen LogP contribution in [0.5, 0.6) is 0 Å². The number of hydrogen-bond acceptors (Lipinski definition) is 3. The van der Waals surface area contributed by atoms with Gasteiger partial charge in [-0.25, -0.2) is 4.79 Å². The molecule has 1 rings (SSSR count). The van der Waals surface area contributed by atoms with Crippen LogP contribution in [0.25, 0.3) is 0 Å². The van der Waals surface area contributed by atoms with E-state index >= 15 is 0 Å². The van der Waals surface area contributed by atoms with Gasteiger partial charge in [-0.2, -0.15) is 0 Å². The van der Waals surface area contributed by atoms with E-state index < -0.39 is 18.0 Å². The minimum atomic E-state index is -0.819. The van der Waals surface area contributed by atoms with Crippen LogP contribution < -0.4 is 0 Å². The Morgan fingerprint density at radius 2 is 2.00 bits per heavy atom. The van der Waals surface area contributed by atoms with E-state index in [-0.39, 0.29) is 6.04 Å². The minimum absolute atomic E-state index is 0.231. The van der Waals surface area contributed by atoms with Crippen LogP contribution in [0.15, 0.2) is 0 Å². The maximum atomic E-state index is 11.5. The first-order valence-corrected chi connectivity index (χ1v) is 5.70. The predicted octanol–water partition coefficient (Wildman–Crippen LogP) is 1.72. The molecule has 0 aromatic heterocycles. The van der Waals surface area contributed by atoms with Gasteiger partial charge in [0.2, 0.25) is 0 Å². The summed E-state index contributed by atoms with van der Waals surface area (Å²) in [5.74, 6) is -1.27. The monoisotopic (exact) mass is 229 g/mol. The lowest BCUT2D eigenvalue weighted by Gasteiger charge is -2.35. The summed E-state index contributed by atoms with van der Waals surface area (Å²) >= 11 is 0. The van der Waals surface area contributed by atoms with Gasteiger partial charge < -0.3 is 14.7 Å². The highest BCUT2D eigenvalue weighted by Gasteiger charge is 2.35. The number of nitrogens with zero attached hydrogens (tertiary/aromatic N) is 1. The third-order valence-electron chi connectivity index (χ3n) is 3.10. The first-order chi connectivity index (χ1) is 7.57. The average Bonchev–Trinajstić information content (AvgIpc) is 2.28. The smallest absolute Gasteiger partial charge is 0.409 e. The van der Waals surface area contributed by atoms with Gasteiger partial charge in [0.25, 0.3) is 0 Å². The maximum Gasteiger partial charge on any atom is 0.409 e. The third-order valence-corrected chi connectivity index (χ3v) is 3.10. The quantitative estimate of drug-likeness (QED) is 0.800. The summed E-state index contributed by atoms with van der Waals surface area (Å²) in [7, 11) is 1.62. The fourth-order valence-corrected chi connectivity index (χ4v) is 2.22. The molecular weight excluding hydrogens is 210 g/mol. The highest BCUT2D eigenvalue weighted by Crippen LogP contribution is 2.28. The first kappa shape index (κ1) is 12.8. The number of aliphatic carboxylic acids is 1. The van der Waals surface area contributed by atoms with Crippen LogP contribution in [0.3, 0.4) is 0 Å². The zero-order valence-electron chi connectivity index (χ0n) is 9.81. The van der Waals surface area contributed by atoms with Crippen LogP contribution in [-0.4, -0.2) is 41.8 Å². The van der Waals surface area contributed by atoms with Gasteiger partial charge in [-0.05, 0) is 19.8 Å². The Bertz CT molecular complexity index is 267. The number of carbonyl (C=O) groups excluding carboxylic acids is 1. The molecule has 1 fully saturated rings. The summed E-state index contributed by atoms with van der Waals surface area (Å²) in [6, 6.07) is -0.231. The number of hydrogen-bond donors (Lipinski definition) is 1. The lowest BCUT2D eigenvalue weighted by Crippen LogP contribution is -2.46. The van der Waals surface area contributed by atoms with Crippen molar-refractivity contribution in [1.29, 1.82) is 0 Å². The second-order valence-corrected chi connectivity index (χ2v) is 4.11. The van der Waals surface area contributed by atoms with Crippen molar-refractivity contribution >= 4 is 12.1 Å². The van der Waals surface area contributed by atoms with Gasteiger partial charge >= 0.3 is 12.1 Å². The zero-order valence-corrected chi connectivity index (χ0v) is 9.81. The van der Waals surface area contributed by atoms with Crippen LogP contribution in [-0.2, 0) is 9.53 Å². The molecule has 1 N–H and O–H groups in total. The van der Waals surface area contributed by atoms with E-state index in [0.717, 1.165) is 19.3 Å². The van der Waals surface area contributed by atoms with E-state index in [0.29, 0.717) is 13.0 Å². The Hall–Kier alpha value is -1.26. The Balaban J connectivity index is 2.67. The van der Waals surface area contributed by atoms with E-state index in [1.807, 2.05) is 0 Å². The van der Waals surface area contributed by atoms with E-state index in [2.05, 4.69) is 0 Å². The van der Waals surface area contributed by atoms with Crippen LogP contribution in [0.2, 0.25) is 0 Å². The Kier molecular flexibility index (Phi) is 4.58. The summed E-state index contributed by atoms with van der Waals surface area (Å²) in [5, 5.41) is 9.09. The Morgan fingerprint density at radius 3 is 2.56 bits per heavy atom. The van der Waals surface area contributed by atoms with Gasteiger partial charge in [-0.1, -0.05) is 12.8 Å². The van der Waals surface area contributed by atoms with Gasteiger partial charge in [0.1, 0.15) is 0 Å². The van der Waals surface area contributed by atoms with Crippen molar-refractivity contribution in [1.82, 2.24) is 4.90 Å². The molecule has 0 aromatic carbocycles. The molecule has 1 aliphatic rings. The standard InChI is InChI=1S/C11H19NO4/c1-3-16-11(15)12(2)9-7-5-4-6-8(9)10(13)14/h8-9H,3-7H2,1-2H3,(H,13,14). The minimum Gasteiger partial charge on any atom is -0.481 e. The summed E-state index contributed by atoms with van der Waals surface area (Å²) in [6.45, 7) is 2.05. The lowest BCUT2D eigenvalue weighted by molar-refractivity contribution is -0.145. The summed E-state index contributed by atoms with van der Waals surface area (Å²) in [4.78, 5) is 24.0. The lowest BCUT2D eigenvalue weighted by atomic mass is 9.84. The summed E-state index contributed by atoms with van der Waals surface area (Å²) in [5.41, 5.74) is 0. The van der Waals surface area contributed by atoms with Crippen molar-refractivity contribution < 1.29 is 19.4 Å². The number of amides is 1. The second kappa shape index (κ2) is 5.72. The van der Waals surface area contributed by atoms with Gasteiger partial charge in [-0.15, -0.1) is 0 Å². The number of carbonyl (C=O) groups is 2. The van der Waals surface area contributed by atoms with Crippen LogP contribution in [0.4, 0.5) is 4.79 Å². The van der Waals surface area contributed by atoms with Crippen molar-refractivity contribution in [2.24, 2.45) is 5.92 Å². The molecule has 0 bridgehead atoms. The molecule has 0 spiro atoms. The van der Waals surface area contributed by atoms with Crippen LogP contribution in [0, 0.1) is 5.92 Å². The molecule has 0 heterocycles. The van der Waals surface area contributed by atoms with E-state index in [4.69, 9.17) is 9.84 Å². The number of ether oxygens (including phenoxy) is 1. The van der Waals surface area contributed by atoms with Gasteiger partial charge in [0.15, 0.2) is 0 Å². The third kappa shape index (κ3) is 2.87. The molecule has 1 aliphatic carbocycles.